The minimum Gasteiger partial charge on any atom is -0.492 e. The van der Waals surface area contributed by atoms with E-state index in [-0.39, 0.29) is 50.3 Å². The van der Waals surface area contributed by atoms with Crippen molar-refractivity contribution in [1.29, 1.82) is 0 Å². The summed E-state index contributed by atoms with van der Waals surface area (Å²) in [6.07, 6.45) is 1.29. The third-order valence-electron chi connectivity index (χ3n) is 12.0. The van der Waals surface area contributed by atoms with Gasteiger partial charge in [0.15, 0.2) is 5.78 Å². The maximum absolute atomic E-state index is 14.9. The zero-order valence-electron chi connectivity index (χ0n) is 40.3. The van der Waals surface area contributed by atoms with Crippen LogP contribution >= 0.6 is 0 Å². The van der Waals surface area contributed by atoms with E-state index >= 15 is 0 Å². The molecule has 1 aliphatic heterocycles. The molecule has 16 nitrogen and oxygen atoms in total. The molecular weight excluding hydrogens is 865 g/mol. The van der Waals surface area contributed by atoms with Gasteiger partial charge in [0.2, 0.25) is 23.6 Å². The molecule has 0 fully saturated rings. The van der Waals surface area contributed by atoms with E-state index in [1.165, 1.54) is 31.4 Å². The number of ether oxygens (including phenoxy) is 2. The number of Topliss-reactive ketones (excluding diaryl/α,β-unsaturated/α-hetero) is 1. The largest absolute Gasteiger partial charge is 0.492 e. The summed E-state index contributed by atoms with van der Waals surface area (Å²) >= 11 is 0. The summed E-state index contributed by atoms with van der Waals surface area (Å²) in [5.74, 6) is -2.56. The summed E-state index contributed by atoms with van der Waals surface area (Å²) in [7, 11) is 1.47. The van der Waals surface area contributed by atoms with Crippen LogP contribution in [0.3, 0.4) is 0 Å². The van der Waals surface area contributed by atoms with Crippen molar-refractivity contribution in [3.8, 4) is 33.8 Å². The second kappa shape index (κ2) is 23.9. The number of likely N-dealkylation sites (N-methyl/N-ethyl adjacent to an activating group) is 1. The quantitative estimate of drug-likeness (QED) is 0.0701. The van der Waals surface area contributed by atoms with Crippen molar-refractivity contribution >= 4 is 35.3 Å². The highest BCUT2D eigenvalue weighted by Crippen LogP contribution is 2.40. The first kappa shape index (κ1) is 52.4. The molecule has 0 aromatic heterocycles. The van der Waals surface area contributed by atoms with E-state index in [4.69, 9.17) is 26.7 Å². The highest BCUT2D eigenvalue weighted by atomic mass is 16.5. The molecule has 4 bridgehead atoms. The fraction of sp³-hybridized carbons (Fsp3) is 0.423. The Morgan fingerprint density at radius 1 is 0.765 bits per heavy atom. The van der Waals surface area contributed by atoms with E-state index in [2.05, 4.69) is 66.3 Å². The van der Waals surface area contributed by atoms with Gasteiger partial charge in [-0.2, -0.15) is 0 Å². The molecule has 4 aromatic carbocycles. The fourth-order valence-corrected chi connectivity index (χ4v) is 7.84. The summed E-state index contributed by atoms with van der Waals surface area (Å²) in [4.78, 5) is 84.6. The van der Waals surface area contributed by atoms with Crippen LogP contribution in [0.15, 0.2) is 84.9 Å². The molecule has 4 aromatic rings. The number of hydrogen-bond acceptors (Lipinski definition) is 11. The Morgan fingerprint density at radius 2 is 1.35 bits per heavy atom. The molecule has 5 atom stereocenters. The zero-order valence-corrected chi connectivity index (χ0v) is 40.3. The minimum atomic E-state index is -1.37. The second-order valence-corrected chi connectivity index (χ2v) is 18.3. The van der Waals surface area contributed by atoms with Gasteiger partial charge in [-0.1, -0.05) is 69.3 Å². The van der Waals surface area contributed by atoms with Gasteiger partial charge in [-0.25, -0.2) is 0 Å². The second-order valence-electron chi connectivity index (χ2n) is 18.3. The number of nitrogens with zero attached hydrogens (tertiary/aromatic N) is 1. The number of benzene rings is 4. The predicted octanol–water partition coefficient (Wildman–Crippen LogP) is 4.06. The van der Waals surface area contributed by atoms with Crippen molar-refractivity contribution in [1.82, 2.24) is 26.2 Å². The molecule has 364 valence electrons. The molecule has 0 radical (unpaired) electrons. The molecule has 0 aliphatic carbocycles. The molecule has 0 saturated heterocycles. The average Bonchev–Trinajstić information content (AvgIpc) is 3.31. The lowest BCUT2D eigenvalue weighted by molar-refractivity contribution is -0.141. The molecule has 1 heterocycles. The molecule has 10 N–H and O–H groups in total. The van der Waals surface area contributed by atoms with Gasteiger partial charge in [0, 0.05) is 43.2 Å². The van der Waals surface area contributed by atoms with Crippen LogP contribution in [-0.4, -0.2) is 104 Å². The van der Waals surface area contributed by atoms with Crippen LogP contribution in [-0.2, 0) is 35.8 Å². The lowest BCUT2D eigenvalue weighted by Gasteiger charge is -2.33. The Balaban J connectivity index is 1.56. The van der Waals surface area contributed by atoms with Crippen molar-refractivity contribution < 1.29 is 38.2 Å². The normalized spacial score (nSPS) is 17.1. The topological polar surface area (TPSA) is 250 Å². The summed E-state index contributed by atoms with van der Waals surface area (Å²) in [6, 6.07) is 20.1. The Hall–Kier alpha value is -6.62. The van der Waals surface area contributed by atoms with Crippen LogP contribution in [0.2, 0.25) is 0 Å². The van der Waals surface area contributed by atoms with Crippen LogP contribution in [0, 0.1) is 0 Å². The van der Waals surface area contributed by atoms with Crippen LogP contribution in [0.5, 0.6) is 11.5 Å². The molecule has 1 aliphatic rings. The van der Waals surface area contributed by atoms with Gasteiger partial charge in [0.25, 0.3) is 5.91 Å². The van der Waals surface area contributed by atoms with Crippen LogP contribution in [0.4, 0.5) is 0 Å². The van der Waals surface area contributed by atoms with Crippen molar-refractivity contribution in [2.75, 3.05) is 39.9 Å². The van der Waals surface area contributed by atoms with E-state index in [0.717, 1.165) is 11.1 Å². The van der Waals surface area contributed by atoms with E-state index in [9.17, 15) is 28.8 Å². The molecule has 0 saturated carbocycles. The predicted molar refractivity (Wildman–Crippen MR) is 263 cm³/mol. The number of ketones is 1. The van der Waals surface area contributed by atoms with Crippen LogP contribution < -0.4 is 47.9 Å². The third kappa shape index (κ3) is 13.5. The van der Waals surface area contributed by atoms with E-state index in [1.807, 2.05) is 12.1 Å². The summed E-state index contributed by atoms with van der Waals surface area (Å²) < 4.78 is 12.3. The first-order chi connectivity index (χ1) is 32.4. The lowest BCUT2D eigenvalue weighted by Crippen LogP contribution is -2.56. The zero-order chi connectivity index (χ0) is 49.7. The number of fused-ring (bicyclic) bond motifs is 5. The number of carbonyl (C=O) groups excluding carboxylic acids is 6. The molecule has 16 heteroatoms. The highest BCUT2D eigenvalue weighted by molar-refractivity contribution is 6.00. The Kier molecular flexibility index (Phi) is 18.4. The third-order valence-corrected chi connectivity index (χ3v) is 12.0. The van der Waals surface area contributed by atoms with Crippen molar-refractivity contribution in [3.05, 3.63) is 107 Å². The molecule has 5 rings (SSSR count). The van der Waals surface area contributed by atoms with Crippen molar-refractivity contribution in [2.24, 2.45) is 17.2 Å². The van der Waals surface area contributed by atoms with Gasteiger partial charge in [-0.05, 0) is 116 Å². The van der Waals surface area contributed by atoms with Gasteiger partial charge in [0.05, 0.1) is 6.04 Å². The summed E-state index contributed by atoms with van der Waals surface area (Å²) in [6.45, 7) is 11.9. The van der Waals surface area contributed by atoms with Gasteiger partial charge >= 0.3 is 0 Å². The van der Waals surface area contributed by atoms with E-state index in [1.54, 1.807) is 55.5 Å². The first-order valence-corrected chi connectivity index (χ1v) is 23.2. The molecular formula is C52H68N8O8. The average molecular weight is 933 g/mol. The highest BCUT2D eigenvalue weighted by Gasteiger charge is 2.36. The number of hydrogen-bond donors (Lipinski definition) is 7. The van der Waals surface area contributed by atoms with Gasteiger partial charge in [-0.3, -0.25) is 28.8 Å². The molecule has 5 unspecified atom stereocenters. The summed E-state index contributed by atoms with van der Waals surface area (Å²) in [5.41, 5.74) is 23.0. The monoisotopic (exact) mass is 933 g/mol. The van der Waals surface area contributed by atoms with Gasteiger partial charge in [0.1, 0.15) is 48.9 Å². The van der Waals surface area contributed by atoms with Crippen molar-refractivity contribution in [2.45, 2.75) is 103 Å². The van der Waals surface area contributed by atoms with E-state index < -0.39 is 59.7 Å². The van der Waals surface area contributed by atoms with Gasteiger partial charge < -0.3 is 52.8 Å². The minimum absolute atomic E-state index is 0.00155. The fourth-order valence-electron chi connectivity index (χ4n) is 7.84. The SMILES string of the molecule is CC(=O)C(C)NC(=O)C1Cc2ccc(OCCN)c(c2)-c2cc(ccc2OCCN)C(N(C)C(=O)C(CCCCN)NC(=O)c2ccc(-c3ccc(C(C)(C)C)cc3)cc2)C(=O)NC(C)C(=O)N1. The Bertz CT molecular complexity index is 2420. The van der Waals surface area contributed by atoms with Crippen LogP contribution in [0.25, 0.3) is 22.3 Å². The number of nitrogens with one attached hydrogen (secondary N) is 4. The number of rotatable bonds is 18. The van der Waals surface area contributed by atoms with Crippen LogP contribution in [0.1, 0.15) is 93.9 Å². The van der Waals surface area contributed by atoms with Crippen molar-refractivity contribution in [3.63, 3.8) is 0 Å². The molecule has 0 spiro atoms. The maximum Gasteiger partial charge on any atom is 0.251 e. The number of nitrogens with two attached hydrogens (primary N) is 3. The number of unbranched alkanes of at least 4 members (excludes halogenated alkanes) is 1. The maximum atomic E-state index is 14.9. The van der Waals surface area contributed by atoms with Gasteiger partial charge in [-0.15, -0.1) is 0 Å². The molecule has 5 amide bonds. The number of carbonyl (C=O) groups is 6. The standard InChI is InChI=1S/C52H68N8O8/c1-31(33(3)61)56-49(64)43-29-34-11-21-44(67-26-24-54)40(28-34)41-30-38(18-22-45(41)68-27-25-55)46(50(65)57-32(2)47(62)59-43)60(7)51(66)42(10-8-9-23-53)58-48(63)37-14-12-35(13-15-37)36-16-19-39(20-17-36)52(4,5)6/h11-22,28,30-32,42-43,46H,8-10,23-27,29,53-55H2,1-7H3,(H,56,64)(H,57,65)(H,58,63)(H,59,62). The Labute approximate surface area is 399 Å². The molecule has 68 heavy (non-hydrogen) atoms. The summed E-state index contributed by atoms with van der Waals surface area (Å²) in [5, 5.41) is 11.1. The smallest absolute Gasteiger partial charge is 0.251 e. The number of amides is 5. The Morgan fingerprint density at radius 3 is 1.93 bits per heavy atom. The van der Waals surface area contributed by atoms with E-state index in [0.29, 0.717) is 58.7 Å². The first-order valence-electron chi connectivity index (χ1n) is 23.2. The lowest BCUT2D eigenvalue weighted by atomic mass is 9.86.